The molecule has 0 spiro atoms. The molecule has 1 aliphatic heterocycles. The molecule has 1 heterocycles. The van der Waals surface area contributed by atoms with Crippen molar-refractivity contribution >= 4 is 17.7 Å². The molecule has 1 aliphatic rings. The highest BCUT2D eigenvalue weighted by atomic mass is 16.5. The van der Waals surface area contributed by atoms with Crippen LogP contribution in [0.4, 0.5) is 10.5 Å². The number of benzene rings is 1. The van der Waals surface area contributed by atoms with Crippen LogP contribution in [0.2, 0.25) is 0 Å². The molecule has 0 aliphatic carbocycles. The molecule has 1 aromatic rings. The predicted octanol–water partition coefficient (Wildman–Crippen LogP) is 1.40. The van der Waals surface area contributed by atoms with Crippen LogP contribution >= 0.6 is 0 Å². The lowest BCUT2D eigenvalue weighted by Gasteiger charge is -2.34. The van der Waals surface area contributed by atoms with E-state index >= 15 is 0 Å². The highest BCUT2D eigenvalue weighted by molar-refractivity contribution is 5.90. The molecule has 0 saturated carbocycles. The third kappa shape index (κ3) is 4.09. The summed E-state index contributed by atoms with van der Waals surface area (Å²) in [6.45, 7) is 1.01. The van der Waals surface area contributed by atoms with E-state index in [0.717, 1.165) is 0 Å². The SMILES string of the molecule is COc1cccc(NC(=O)N2CCOCC2CC(=O)O)c1. The van der Waals surface area contributed by atoms with E-state index in [1.807, 2.05) is 0 Å². The van der Waals surface area contributed by atoms with Crippen molar-refractivity contribution in [3.8, 4) is 5.75 Å². The lowest BCUT2D eigenvalue weighted by molar-refractivity contribution is -0.139. The van der Waals surface area contributed by atoms with E-state index in [4.69, 9.17) is 14.6 Å². The van der Waals surface area contributed by atoms with E-state index < -0.39 is 12.0 Å². The highest BCUT2D eigenvalue weighted by Crippen LogP contribution is 2.18. The molecule has 2 amide bonds. The summed E-state index contributed by atoms with van der Waals surface area (Å²) >= 11 is 0. The van der Waals surface area contributed by atoms with Crippen molar-refractivity contribution in [2.75, 3.05) is 32.2 Å². The summed E-state index contributed by atoms with van der Waals surface area (Å²) in [4.78, 5) is 24.6. The second-order valence-corrected chi connectivity index (χ2v) is 4.68. The minimum absolute atomic E-state index is 0.133. The summed E-state index contributed by atoms with van der Waals surface area (Å²) in [6, 6.07) is 6.19. The van der Waals surface area contributed by atoms with Crippen LogP contribution in [0.15, 0.2) is 24.3 Å². The first-order valence-electron chi connectivity index (χ1n) is 6.61. The van der Waals surface area contributed by atoms with Crippen molar-refractivity contribution in [2.45, 2.75) is 12.5 Å². The van der Waals surface area contributed by atoms with Gasteiger partial charge in [-0.2, -0.15) is 0 Å². The van der Waals surface area contributed by atoms with Gasteiger partial charge in [0.25, 0.3) is 0 Å². The largest absolute Gasteiger partial charge is 0.497 e. The van der Waals surface area contributed by atoms with Gasteiger partial charge in [-0.05, 0) is 12.1 Å². The summed E-state index contributed by atoms with van der Waals surface area (Å²) in [5, 5.41) is 11.6. The van der Waals surface area contributed by atoms with Crippen LogP contribution in [0.5, 0.6) is 5.75 Å². The summed E-state index contributed by atoms with van der Waals surface area (Å²) in [6.07, 6.45) is -0.133. The van der Waals surface area contributed by atoms with Gasteiger partial charge in [-0.15, -0.1) is 0 Å². The fourth-order valence-corrected chi connectivity index (χ4v) is 2.19. The van der Waals surface area contributed by atoms with Gasteiger partial charge < -0.3 is 24.8 Å². The van der Waals surface area contributed by atoms with Crippen LogP contribution in [-0.2, 0) is 9.53 Å². The second kappa shape index (κ2) is 6.94. The number of carboxylic acids is 1. The zero-order valence-electron chi connectivity index (χ0n) is 11.7. The number of carbonyl (C=O) groups is 2. The van der Waals surface area contributed by atoms with Crippen LogP contribution in [-0.4, -0.2) is 54.9 Å². The van der Waals surface area contributed by atoms with Crippen molar-refractivity contribution in [1.29, 1.82) is 0 Å². The van der Waals surface area contributed by atoms with Crippen molar-refractivity contribution in [3.05, 3.63) is 24.3 Å². The van der Waals surface area contributed by atoms with E-state index in [0.29, 0.717) is 24.6 Å². The van der Waals surface area contributed by atoms with E-state index in [9.17, 15) is 9.59 Å². The molecule has 2 N–H and O–H groups in total. The molecular weight excluding hydrogens is 276 g/mol. The molecule has 0 radical (unpaired) electrons. The van der Waals surface area contributed by atoms with Crippen LogP contribution in [0.1, 0.15) is 6.42 Å². The Kier molecular flexibility index (Phi) is 4.99. The van der Waals surface area contributed by atoms with E-state index in [1.54, 1.807) is 31.4 Å². The monoisotopic (exact) mass is 294 g/mol. The minimum atomic E-state index is -0.954. The van der Waals surface area contributed by atoms with Crippen LogP contribution in [0.25, 0.3) is 0 Å². The molecular formula is C14H18N2O5. The standard InChI is InChI=1S/C14H18N2O5/c1-20-12-4-2-3-10(7-12)15-14(19)16-5-6-21-9-11(16)8-13(17)18/h2-4,7,11H,5-6,8-9H2,1H3,(H,15,19)(H,17,18). The van der Waals surface area contributed by atoms with Gasteiger partial charge in [-0.3, -0.25) is 4.79 Å². The van der Waals surface area contributed by atoms with Gasteiger partial charge in [0.15, 0.2) is 0 Å². The van der Waals surface area contributed by atoms with Gasteiger partial charge in [0.2, 0.25) is 0 Å². The lowest BCUT2D eigenvalue weighted by atomic mass is 10.1. The third-order valence-electron chi connectivity index (χ3n) is 3.22. The average Bonchev–Trinajstić information content (AvgIpc) is 2.47. The lowest BCUT2D eigenvalue weighted by Crippen LogP contribution is -2.51. The normalized spacial score (nSPS) is 18.1. The Morgan fingerprint density at radius 2 is 2.33 bits per heavy atom. The van der Waals surface area contributed by atoms with Crippen molar-refractivity contribution < 1.29 is 24.2 Å². The number of carboxylic acid groups (broad SMARTS) is 1. The number of urea groups is 1. The number of hydrogen-bond acceptors (Lipinski definition) is 4. The molecule has 1 aromatic carbocycles. The maximum Gasteiger partial charge on any atom is 0.322 e. The molecule has 21 heavy (non-hydrogen) atoms. The number of carbonyl (C=O) groups excluding carboxylic acids is 1. The number of anilines is 1. The minimum Gasteiger partial charge on any atom is -0.497 e. The molecule has 1 unspecified atom stereocenters. The summed E-state index contributed by atoms with van der Waals surface area (Å²) in [5.41, 5.74) is 0.597. The van der Waals surface area contributed by atoms with E-state index in [-0.39, 0.29) is 19.1 Å². The van der Waals surface area contributed by atoms with Gasteiger partial charge in [-0.25, -0.2) is 4.79 Å². The van der Waals surface area contributed by atoms with E-state index in [1.165, 1.54) is 4.90 Å². The van der Waals surface area contributed by atoms with Gasteiger partial charge in [-0.1, -0.05) is 6.07 Å². The molecule has 1 saturated heterocycles. The molecule has 114 valence electrons. The molecule has 1 fully saturated rings. The van der Waals surface area contributed by atoms with Crippen molar-refractivity contribution in [1.82, 2.24) is 4.90 Å². The van der Waals surface area contributed by atoms with Crippen molar-refractivity contribution in [3.63, 3.8) is 0 Å². The van der Waals surface area contributed by atoms with Crippen LogP contribution in [0.3, 0.4) is 0 Å². The first-order valence-corrected chi connectivity index (χ1v) is 6.61. The molecule has 2 rings (SSSR count). The number of hydrogen-bond donors (Lipinski definition) is 2. The van der Waals surface area contributed by atoms with E-state index in [2.05, 4.69) is 5.32 Å². The van der Waals surface area contributed by atoms with Gasteiger partial charge in [0, 0.05) is 18.3 Å². The van der Waals surface area contributed by atoms with Crippen LogP contribution in [0, 0.1) is 0 Å². The smallest absolute Gasteiger partial charge is 0.322 e. The number of morpholine rings is 1. The van der Waals surface area contributed by atoms with Crippen LogP contribution < -0.4 is 10.1 Å². The zero-order valence-corrected chi connectivity index (χ0v) is 11.7. The molecule has 1 atom stereocenters. The molecule has 0 aromatic heterocycles. The van der Waals surface area contributed by atoms with Gasteiger partial charge in [0.05, 0.1) is 32.8 Å². The maximum absolute atomic E-state index is 12.3. The molecule has 7 nitrogen and oxygen atoms in total. The zero-order chi connectivity index (χ0) is 15.2. The fraction of sp³-hybridized carbons (Fsp3) is 0.429. The number of nitrogens with zero attached hydrogens (tertiary/aromatic N) is 1. The molecule has 7 heteroatoms. The number of methoxy groups -OCH3 is 1. The number of amides is 2. The van der Waals surface area contributed by atoms with Crippen molar-refractivity contribution in [2.24, 2.45) is 0 Å². The number of nitrogens with one attached hydrogen (secondary N) is 1. The summed E-state index contributed by atoms with van der Waals surface area (Å²) in [7, 11) is 1.55. The number of aliphatic carboxylic acids is 1. The Morgan fingerprint density at radius 1 is 1.52 bits per heavy atom. The quantitative estimate of drug-likeness (QED) is 0.876. The topological polar surface area (TPSA) is 88.1 Å². The highest BCUT2D eigenvalue weighted by Gasteiger charge is 2.29. The second-order valence-electron chi connectivity index (χ2n) is 4.68. The summed E-state index contributed by atoms with van der Waals surface area (Å²) in [5.74, 6) is -0.318. The van der Waals surface area contributed by atoms with Gasteiger partial charge >= 0.3 is 12.0 Å². The Hall–Kier alpha value is -2.28. The Labute approximate surface area is 122 Å². The fourth-order valence-electron chi connectivity index (χ4n) is 2.19. The Balaban J connectivity index is 2.04. The average molecular weight is 294 g/mol. The third-order valence-corrected chi connectivity index (χ3v) is 3.22. The summed E-state index contributed by atoms with van der Waals surface area (Å²) < 4.78 is 10.3. The Morgan fingerprint density at radius 3 is 3.05 bits per heavy atom. The van der Waals surface area contributed by atoms with Gasteiger partial charge in [0.1, 0.15) is 5.75 Å². The predicted molar refractivity (Wildman–Crippen MR) is 75.6 cm³/mol. The first-order chi connectivity index (χ1) is 10.1. The Bertz CT molecular complexity index is 520. The number of ether oxygens (including phenoxy) is 2. The number of rotatable bonds is 4. The maximum atomic E-state index is 12.3. The molecule has 0 bridgehead atoms. The first kappa shape index (κ1) is 15.1.